The molecule has 2 heteroatoms. The smallest absolute Gasteiger partial charge is 0.303 e. The molecule has 0 aromatic heterocycles. The third-order valence-corrected chi connectivity index (χ3v) is 1.16. The van der Waals surface area contributed by atoms with E-state index in [0.717, 1.165) is 0 Å². The van der Waals surface area contributed by atoms with Crippen molar-refractivity contribution in [1.82, 2.24) is 0 Å². The Morgan fingerprint density at radius 1 is 1.42 bits per heavy atom. The molecule has 0 bridgehead atoms. The monoisotopic (exact) mass is 168 g/mol. The van der Waals surface area contributed by atoms with Crippen molar-refractivity contribution in [3.8, 4) is 11.8 Å². The van der Waals surface area contributed by atoms with Crippen LogP contribution in [0.2, 0.25) is 0 Å². The number of hydrogen-bond donors (Lipinski definition) is 1. The van der Waals surface area contributed by atoms with Crippen LogP contribution in [0.5, 0.6) is 0 Å². The van der Waals surface area contributed by atoms with Gasteiger partial charge in [-0.15, -0.1) is 5.92 Å². The third-order valence-electron chi connectivity index (χ3n) is 1.16. The Kier molecular flexibility index (Phi) is 4.43. The maximum atomic E-state index is 10.1. The Bertz CT molecular complexity index is 200. The summed E-state index contributed by atoms with van der Waals surface area (Å²) in [6, 6.07) is 0. The van der Waals surface area contributed by atoms with Gasteiger partial charge in [-0.2, -0.15) is 0 Å². The average Bonchev–Trinajstić information content (AvgIpc) is 1.83. The molecule has 0 unspecified atom stereocenters. The van der Waals surface area contributed by atoms with E-state index in [9.17, 15) is 4.79 Å². The molecule has 68 valence electrons. The lowest BCUT2D eigenvalue weighted by Crippen LogP contribution is -1.99. The molecule has 0 aromatic rings. The van der Waals surface area contributed by atoms with E-state index in [-0.39, 0.29) is 11.8 Å². The summed E-state index contributed by atoms with van der Waals surface area (Å²) < 4.78 is 0. The lowest BCUT2D eigenvalue weighted by Gasteiger charge is -2.06. The van der Waals surface area contributed by atoms with Crippen LogP contribution in [0.15, 0.2) is 0 Å². The molecule has 0 saturated heterocycles. The van der Waals surface area contributed by atoms with Crippen LogP contribution in [-0.4, -0.2) is 11.1 Å². The molecule has 1 N–H and O–H groups in total. The van der Waals surface area contributed by atoms with Gasteiger partial charge in [0.1, 0.15) is 0 Å². The average molecular weight is 168 g/mol. The third kappa shape index (κ3) is 9.03. The zero-order chi connectivity index (χ0) is 9.61. The molecule has 0 saturated carbocycles. The highest BCUT2D eigenvalue weighted by Gasteiger charge is 2.02. The lowest BCUT2D eigenvalue weighted by atomic mass is 9.98. The highest BCUT2D eigenvalue weighted by molar-refractivity contribution is 5.66. The van der Waals surface area contributed by atoms with E-state index in [2.05, 4.69) is 11.8 Å². The first-order valence-corrected chi connectivity index (χ1v) is 4.13. The maximum absolute atomic E-state index is 10.1. The largest absolute Gasteiger partial charge is 0.481 e. The van der Waals surface area contributed by atoms with E-state index in [4.69, 9.17) is 5.11 Å². The fourth-order valence-corrected chi connectivity index (χ4v) is 0.656. The highest BCUT2D eigenvalue weighted by atomic mass is 16.4. The van der Waals surface area contributed by atoms with E-state index < -0.39 is 5.97 Å². The molecule has 0 aliphatic rings. The van der Waals surface area contributed by atoms with Crippen LogP contribution in [0.4, 0.5) is 0 Å². The van der Waals surface area contributed by atoms with Crippen molar-refractivity contribution in [2.75, 3.05) is 0 Å². The second kappa shape index (κ2) is 4.82. The lowest BCUT2D eigenvalue weighted by molar-refractivity contribution is -0.137. The molecule has 0 atom stereocenters. The molecule has 0 fully saturated rings. The number of unbranched alkanes of at least 4 members (excludes halogenated alkanes) is 1. The second-order valence-corrected chi connectivity index (χ2v) is 3.80. The van der Waals surface area contributed by atoms with Crippen molar-refractivity contribution in [3.63, 3.8) is 0 Å². The standard InChI is InChI=1S/C10H16O2/c1-10(2,3)8-6-4-5-7-9(11)12/h4-5,7H2,1-3H3,(H,11,12). The van der Waals surface area contributed by atoms with Gasteiger partial charge >= 0.3 is 5.97 Å². The van der Waals surface area contributed by atoms with Crippen LogP contribution >= 0.6 is 0 Å². The topological polar surface area (TPSA) is 37.3 Å². The maximum Gasteiger partial charge on any atom is 0.303 e. The predicted molar refractivity (Wildman–Crippen MR) is 48.7 cm³/mol. The zero-order valence-corrected chi connectivity index (χ0v) is 7.98. The summed E-state index contributed by atoms with van der Waals surface area (Å²) in [5.41, 5.74) is 0.0310. The summed E-state index contributed by atoms with van der Waals surface area (Å²) in [5.74, 6) is 5.28. The first-order chi connectivity index (χ1) is 5.42. The molecular weight excluding hydrogens is 152 g/mol. The van der Waals surface area contributed by atoms with Gasteiger partial charge in [-0.25, -0.2) is 0 Å². The van der Waals surface area contributed by atoms with Crippen molar-refractivity contribution in [1.29, 1.82) is 0 Å². The molecule has 0 aliphatic heterocycles. The number of carbonyl (C=O) groups is 1. The van der Waals surface area contributed by atoms with Crippen LogP contribution in [-0.2, 0) is 4.79 Å². The van der Waals surface area contributed by atoms with Crippen LogP contribution in [0, 0.1) is 17.3 Å². The first kappa shape index (κ1) is 11.0. The number of hydrogen-bond acceptors (Lipinski definition) is 1. The van der Waals surface area contributed by atoms with Crippen molar-refractivity contribution in [2.45, 2.75) is 40.0 Å². The van der Waals surface area contributed by atoms with Gasteiger partial charge in [-0.3, -0.25) is 4.79 Å². The summed E-state index contributed by atoms with van der Waals surface area (Å²) in [7, 11) is 0. The van der Waals surface area contributed by atoms with Gasteiger partial charge in [0.25, 0.3) is 0 Å². The number of carboxylic acids is 1. The summed E-state index contributed by atoms with van der Waals surface area (Å²) in [6.45, 7) is 6.12. The molecular formula is C10H16O2. The second-order valence-electron chi connectivity index (χ2n) is 3.80. The molecule has 0 amide bonds. The summed E-state index contributed by atoms with van der Waals surface area (Å²) >= 11 is 0. The fourth-order valence-electron chi connectivity index (χ4n) is 0.656. The molecule has 0 spiro atoms. The van der Waals surface area contributed by atoms with Gasteiger partial charge in [-0.05, 0) is 27.2 Å². The predicted octanol–water partition coefficient (Wildman–Crippen LogP) is 2.29. The van der Waals surface area contributed by atoms with E-state index >= 15 is 0 Å². The first-order valence-electron chi connectivity index (χ1n) is 4.13. The van der Waals surface area contributed by atoms with Gasteiger partial charge in [0.15, 0.2) is 0 Å². The SMILES string of the molecule is CC(C)(C)C#CCCCC(=O)O. The Hall–Kier alpha value is -0.970. The Labute approximate surface area is 74.0 Å². The van der Waals surface area contributed by atoms with Crippen molar-refractivity contribution < 1.29 is 9.90 Å². The minimum absolute atomic E-state index is 0.0310. The number of carboxylic acid groups (broad SMARTS) is 1. The van der Waals surface area contributed by atoms with Crippen LogP contribution in [0.1, 0.15) is 40.0 Å². The van der Waals surface area contributed by atoms with E-state index in [1.54, 1.807) is 0 Å². The van der Waals surface area contributed by atoms with Crippen molar-refractivity contribution >= 4 is 5.97 Å². The summed E-state index contributed by atoms with van der Waals surface area (Å²) in [4.78, 5) is 10.1. The van der Waals surface area contributed by atoms with Crippen molar-refractivity contribution in [2.24, 2.45) is 5.41 Å². The van der Waals surface area contributed by atoms with Crippen molar-refractivity contribution in [3.05, 3.63) is 0 Å². The molecule has 0 aliphatic carbocycles. The van der Waals surface area contributed by atoms with Gasteiger partial charge in [0.2, 0.25) is 0 Å². The molecule has 12 heavy (non-hydrogen) atoms. The van der Waals surface area contributed by atoms with E-state index in [1.165, 1.54) is 0 Å². The quantitative estimate of drug-likeness (QED) is 0.518. The zero-order valence-electron chi connectivity index (χ0n) is 7.98. The molecule has 0 rings (SSSR count). The van der Waals surface area contributed by atoms with Crippen LogP contribution < -0.4 is 0 Å². The number of rotatable bonds is 3. The van der Waals surface area contributed by atoms with Gasteiger partial charge < -0.3 is 5.11 Å². The minimum Gasteiger partial charge on any atom is -0.481 e. The Balaban J connectivity index is 3.53. The van der Waals surface area contributed by atoms with Gasteiger partial charge in [-0.1, -0.05) is 5.92 Å². The van der Waals surface area contributed by atoms with Crippen LogP contribution in [0.3, 0.4) is 0 Å². The molecule has 2 nitrogen and oxygen atoms in total. The Morgan fingerprint density at radius 3 is 2.42 bits per heavy atom. The summed E-state index contributed by atoms with van der Waals surface area (Å²) in [5, 5.41) is 8.32. The number of aliphatic carboxylic acids is 1. The normalized spacial score (nSPS) is 10.2. The fraction of sp³-hybridized carbons (Fsp3) is 0.700. The highest BCUT2D eigenvalue weighted by Crippen LogP contribution is 2.10. The van der Waals surface area contributed by atoms with Crippen LogP contribution in [0.25, 0.3) is 0 Å². The minimum atomic E-state index is -0.743. The molecule has 0 aromatic carbocycles. The summed E-state index contributed by atoms with van der Waals surface area (Å²) in [6.07, 6.45) is 1.56. The van der Waals surface area contributed by atoms with Gasteiger partial charge in [0.05, 0.1) is 0 Å². The molecule has 0 radical (unpaired) electrons. The Morgan fingerprint density at radius 2 is 2.00 bits per heavy atom. The van der Waals surface area contributed by atoms with Gasteiger partial charge in [0, 0.05) is 18.3 Å². The van der Waals surface area contributed by atoms with E-state index in [1.807, 2.05) is 20.8 Å². The molecule has 0 heterocycles. The van der Waals surface area contributed by atoms with E-state index in [0.29, 0.717) is 12.8 Å².